The van der Waals surface area contributed by atoms with Crippen molar-refractivity contribution in [3.05, 3.63) is 28.2 Å². The van der Waals surface area contributed by atoms with Crippen molar-refractivity contribution in [3.8, 4) is 5.75 Å². The van der Waals surface area contributed by atoms with Crippen LogP contribution in [0.2, 0.25) is 0 Å². The standard InChI is InChI=1S/C12H12Br2F3NO2/c1-20-10-3-2-8(6-9(10)14)11(19)18(5-4-13)7-12(15,16)17/h2-3,6H,4-5,7H2,1H3. The summed E-state index contributed by atoms with van der Waals surface area (Å²) in [5, 5.41) is 0.270. The summed E-state index contributed by atoms with van der Waals surface area (Å²) in [6.45, 7) is -1.30. The zero-order chi connectivity index (χ0) is 15.3. The molecule has 1 aromatic carbocycles. The molecule has 1 rings (SSSR count). The number of rotatable bonds is 5. The van der Waals surface area contributed by atoms with Crippen LogP contribution in [0.3, 0.4) is 0 Å². The van der Waals surface area contributed by atoms with E-state index in [1.54, 1.807) is 0 Å². The maximum absolute atomic E-state index is 12.5. The molecule has 20 heavy (non-hydrogen) atoms. The number of benzene rings is 1. The van der Waals surface area contributed by atoms with Gasteiger partial charge < -0.3 is 9.64 Å². The van der Waals surface area contributed by atoms with Gasteiger partial charge in [-0.1, -0.05) is 15.9 Å². The van der Waals surface area contributed by atoms with Crippen molar-refractivity contribution >= 4 is 37.8 Å². The van der Waals surface area contributed by atoms with E-state index in [2.05, 4.69) is 31.9 Å². The zero-order valence-electron chi connectivity index (χ0n) is 10.5. The second-order valence-electron chi connectivity index (χ2n) is 3.88. The van der Waals surface area contributed by atoms with Crippen molar-refractivity contribution in [1.82, 2.24) is 4.90 Å². The molecular formula is C12H12Br2F3NO2. The summed E-state index contributed by atoms with van der Waals surface area (Å²) in [6.07, 6.45) is -4.43. The Morgan fingerprint density at radius 1 is 1.40 bits per heavy atom. The quantitative estimate of drug-likeness (QED) is 0.679. The number of amides is 1. The molecule has 0 aliphatic heterocycles. The van der Waals surface area contributed by atoms with Crippen molar-refractivity contribution in [2.75, 3.05) is 25.5 Å². The molecule has 0 N–H and O–H groups in total. The van der Waals surface area contributed by atoms with Crippen LogP contribution in [0.1, 0.15) is 10.4 Å². The van der Waals surface area contributed by atoms with Crippen LogP contribution in [-0.2, 0) is 0 Å². The molecule has 8 heteroatoms. The fraction of sp³-hybridized carbons (Fsp3) is 0.417. The average molecular weight is 419 g/mol. The first-order chi connectivity index (χ1) is 9.28. The first-order valence-corrected chi connectivity index (χ1v) is 7.45. The van der Waals surface area contributed by atoms with E-state index in [0.717, 1.165) is 4.90 Å². The molecule has 0 radical (unpaired) electrons. The molecule has 0 atom stereocenters. The van der Waals surface area contributed by atoms with E-state index in [1.807, 2.05) is 0 Å². The Hall–Kier alpha value is -0.760. The third kappa shape index (κ3) is 4.97. The molecule has 0 aliphatic rings. The van der Waals surface area contributed by atoms with Crippen molar-refractivity contribution in [2.24, 2.45) is 0 Å². The lowest BCUT2D eigenvalue weighted by Gasteiger charge is -2.23. The summed E-state index contributed by atoms with van der Waals surface area (Å²) in [5.41, 5.74) is 0.169. The van der Waals surface area contributed by atoms with Crippen molar-refractivity contribution in [1.29, 1.82) is 0 Å². The van der Waals surface area contributed by atoms with Gasteiger partial charge in [0.05, 0.1) is 11.6 Å². The Labute approximate surface area is 131 Å². The van der Waals surface area contributed by atoms with E-state index in [4.69, 9.17) is 4.74 Å². The maximum Gasteiger partial charge on any atom is 0.406 e. The van der Waals surface area contributed by atoms with Crippen molar-refractivity contribution in [2.45, 2.75) is 6.18 Å². The van der Waals surface area contributed by atoms with E-state index in [0.29, 0.717) is 10.2 Å². The minimum atomic E-state index is -4.43. The number of ether oxygens (including phenoxy) is 1. The van der Waals surface area contributed by atoms with Gasteiger partial charge >= 0.3 is 6.18 Å². The molecular weight excluding hydrogens is 407 g/mol. The molecule has 1 aromatic rings. The lowest BCUT2D eigenvalue weighted by molar-refractivity contribution is -0.140. The van der Waals surface area contributed by atoms with Gasteiger partial charge in [-0.25, -0.2) is 0 Å². The second-order valence-corrected chi connectivity index (χ2v) is 5.53. The average Bonchev–Trinajstić information content (AvgIpc) is 2.35. The van der Waals surface area contributed by atoms with Gasteiger partial charge in [-0.05, 0) is 34.1 Å². The summed E-state index contributed by atoms with van der Waals surface area (Å²) in [7, 11) is 1.46. The highest BCUT2D eigenvalue weighted by molar-refractivity contribution is 9.10. The molecule has 0 heterocycles. The van der Waals surface area contributed by atoms with Crippen LogP contribution in [0.5, 0.6) is 5.75 Å². The van der Waals surface area contributed by atoms with Crippen molar-refractivity contribution in [3.63, 3.8) is 0 Å². The molecule has 0 fully saturated rings. The summed E-state index contributed by atoms with van der Waals surface area (Å²) in [6, 6.07) is 4.40. The third-order valence-corrected chi connectivity index (χ3v) is 3.38. The lowest BCUT2D eigenvalue weighted by atomic mass is 10.2. The normalized spacial score (nSPS) is 11.3. The lowest BCUT2D eigenvalue weighted by Crippen LogP contribution is -2.40. The topological polar surface area (TPSA) is 29.5 Å². The molecule has 112 valence electrons. The molecule has 0 aromatic heterocycles. The summed E-state index contributed by atoms with van der Waals surface area (Å²) >= 11 is 6.24. The molecule has 0 saturated carbocycles. The number of alkyl halides is 4. The van der Waals surface area contributed by atoms with Crippen LogP contribution in [0.4, 0.5) is 13.2 Å². The number of methoxy groups -OCH3 is 1. The van der Waals surface area contributed by atoms with Gasteiger partial charge in [0.2, 0.25) is 0 Å². The predicted molar refractivity (Wildman–Crippen MR) is 76.4 cm³/mol. The number of hydrogen-bond donors (Lipinski definition) is 0. The molecule has 0 saturated heterocycles. The highest BCUT2D eigenvalue weighted by Gasteiger charge is 2.33. The van der Waals surface area contributed by atoms with Gasteiger partial charge in [0.15, 0.2) is 0 Å². The Kier molecular flexibility index (Phi) is 6.32. The fourth-order valence-electron chi connectivity index (χ4n) is 1.55. The van der Waals surface area contributed by atoms with E-state index in [-0.39, 0.29) is 17.4 Å². The van der Waals surface area contributed by atoms with E-state index in [1.165, 1.54) is 25.3 Å². The first-order valence-electron chi connectivity index (χ1n) is 5.54. The van der Waals surface area contributed by atoms with Gasteiger partial charge in [-0.15, -0.1) is 0 Å². The van der Waals surface area contributed by atoms with Crippen molar-refractivity contribution < 1.29 is 22.7 Å². The number of hydrogen-bond acceptors (Lipinski definition) is 2. The highest BCUT2D eigenvalue weighted by Crippen LogP contribution is 2.26. The van der Waals surface area contributed by atoms with Gasteiger partial charge in [0.1, 0.15) is 12.3 Å². The monoisotopic (exact) mass is 417 g/mol. The number of nitrogens with zero attached hydrogens (tertiary/aromatic N) is 1. The molecule has 0 bridgehead atoms. The van der Waals surface area contributed by atoms with Crippen LogP contribution >= 0.6 is 31.9 Å². The molecule has 0 spiro atoms. The number of carbonyl (C=O) groups excluding carboxylic acids is 1. The molecule has 0 unspecified atom stereocenters. The molecule has 1 amide bonds. The first kappa shape index (κ1) is 17.3. The van der Waals surface area contributed by atoms with Crippen LogP contribution in [-0.4, -0.2) is 42.5 Å². The second kappa shape index (κ2) is 7.31. The van der Waals surface area contributed by atoms with Crippen LogP contribution in [0.25, 0.3) is 0 Å². The molecule has 0 aliphatic carbocycles. The maximum atomic E-state index is 12.5. The summed E-state index contributed by atoms with van der Waals surface area (Å²) in [4.78, 5) is 12.9. The van der Waals surface area contributed by atoms with Crippen LogP contribution < -0.4 is 4.74 Å². The Morgan fingerprint density at radius 2 is 2.05 bits per heavy atom. The zero-order valence-corrected chi connectivity index (χ0v) is 13.7. The summed E-state index contributed by atoms with van der Waals surface area (Å²) in [5.74, 6) is -0.172. The minimum absolute atomic E-state index is 0.0258. The van der Waals surface area contributed by atoms with E-state index >= 15 is 0 Å². The number of carbonyl (C=O) groups is 1. The smallest absolute Gasteiger partial charge is 0.406 e. The van der Waals surface area contributed by atoms with Gasteiger partial charge in [-0.3, -0.25) is 4.79 Å². The Balaban J connectivity index is 2.97. The van der Waals surface area contributed by atoms with Gasteiger partial charge in [-0.2, -0.15) is 13.2 Å². The number of halogens is 5. The van der Waals surface area contributed by atoms with Gasteiger partial charge in [0.25, 0.3) is 5.91 Å². The Morgan fingerprint density at radius 3 is 2.50 bits per heavy atom. The van der Waals surface area contributed by atoms with Gasteiger partial charge in [0, 0.05) is 17.4 Å². The highest BCUT2D eigenvalue weighted by atomic mass is 79.9. The largest absolute Gasteiger partial charge is 0.496 e. The van der Waals surface area contributed by atoms with Crippen LogP contribution in [0.15, 0.2) is 22.7 Å². The SMILES string of the molecule is COc1ccc(C(=O)N(CCBr)CC(F)(F)F)cc1Br. The van der Waals surface area contributed by atoms with Crippen LogP contribution in [0, 0.1) is 0 Å². The predicted octanol–water partition coefficient (Wildman–Crippen LogP) is 3.86. The Bertz CT molecular complexity index is 480. The van der Waals surface area contributed by atoms with E-state index in [9.17, 15) is 18.0 Å². The minimum Gasteiger partial charge on any atom is -0.496 e. The fourth-order valence-corrected chi connectivity index (χ4v) is 2.52. The molecule has 3 nitrogen and oxygen atoms in total. The third-order valence-electron chi connectivity index (χ3n) is 2.41. The van der Waals surface area contributed by atoms with E-state index < -0.39 is 18.6 Å². The summed E-state index contributed by atoms with van der Waals surface area (Å²) < 4.78 is 42.9.